The first-order valence-corrected chi connectivity index (χ1v) is 10.5. The van der Waals surface area contributed by atoms with E-state index < -0.39 is 18.0 Å². The van der Waals surface area contributed by atoms with E-state index in [0.29, 0.717) is 22.2 Å². The number of ether oxygens (including phenoxy) is 1. The lowest BCUT2D eigenvalue weighted by molar-refractivity contribution is -0.129. The summed E-state index contributed by atoms with van der Waals surface area (Å²) in [6.07, 6.45) is 2.29. The third-order valence-corrected chi connectivity index (χ3v) is 5.28. The number of hydrogen-bond donors (Lipinski definition) is 1. The molecule has 0 saturated carbocycles. The second kappa shape index (κ2) is 9.56. The Balaban J connectivity index is 1.54. The molecule has 0 aliphatic heterocycles. The summed E-state index contributed by atoms with van der Waals surface area (Å²) >= 11 is 0. The van der Waals surface area contributed by atoms with Gasteiger partial charge in [-0.05, 0) is 55.8 Å². The zero-order valence-corrected chi connectivity index (χ0v) is 18.2. The largest absolute Gasteiger partial charge is 0.449 e. The number of amides is 1. The molecule has 0 spiro atoms. The summed E-state index contributed by atoms with van der Waals surface area (Å²) in [4.78, 5) is 34.4. The van der Waals surface area contributed by atoms with E-state index in [0.717, 1.165) is 11.1 Å². The molecule has 2 aromatic carbocycles. The minimum Gasteiger partial charge on any atom is -0.449 e. The third-order valence-electron chi connectivity index (χ3n) is 5.28. The quantitative estimate of drug-likeness (QED) is 0.431. The summed E-state index contributed by atoms with van der Waals surface area (Å²) in [5.41, 5.74) is 3.02. The Morgan fingerprint density at radius 2 is 1.76 bits per heavy atom. The van der Waals surface area contributed by atoms with E-state index >= 15 is 0 Å². The molecule has 4 aromatic rings. The van der Waals surface area contributed by atoms with Gasteiger partial charge < -0.3 is 10.1 Å². The molecule has 2 aromatic heterocycles. The number of hydrogen-bond acceptors (Lipinski definition) is 5. The van der Waals surface area contributed by atoms with Crippen LogP contribution in [0.25, 0.3) is 22.2 Å². The fraction of sp³-hybridized carbons (Fsp3) is 0.154. The van der Waals surface area contributed by atoms with E-state index in [4.69, 9.17) is 4.74 Å². The highest BCUT2D eigenvalue weighted by Gasteiger charge is 2.23. The summed E-state index contributed by atoms with van der Waals surface area (Å²) in [5.74, 6) is -1.43. The van der Waals surface area contributed by atoms with E-state index in [1.54, 1.807) is 49.6 Å². The maximum atomic E-state index is 13.1. The number of nitrogens with one attached hydrogen (secondary N) is 1. The van der Waals surface area contributed by atoms with Gasteiger partial charge in [-0.1, -0.05) is 30.3 Å². The summed E-state index contributed by atoms with van der Waals surface area (Å²) in [6.45, 7) is 3.28. The first kappa shape index (κ1) is 22.1. The van der Waals surface area contributed by atoms with Gasteiger partial charge in [0.2, 0.25) is 0 Å². The van der Waals surface area contributed by atoms with Gasteiger partial charge in [0.15, 0.2) is 6.10 Å². The third kappa shape index (κ3) is 5.03. The van der Waals surface area contributed by atoms with Crippen LogP contribution in [-0.4, -0.2) is 27.9 Å². The van der Waals surface area contributed by atoms with Crippen LogP contribution in [0.3, 0.4) is 0 Å². The van der Waals surface area contributed by atoms with Crippen molar-refractivity contribution in [3.8, 4) is 11.3 Å². The van der Waals surface area contributed by atoms with Crippen LogP contribution >= 0.6 is 0 Å². The van der Waals surface area contributed by atoms with Gasteiger partial charge in [0, 0.05) is 23.3 Å². The topological polar surface area (TPSA) is 81.2 Å². The van der Waals surface area contributed by atoms with E-state index in [-0.39, 0.29) is 11.9 Å². The molecule has 2 atom stereocenters. The highest BCUT2D eigenvalue weighted by molar-refractivity contribution is 6.05. The normalized spacial score (nSPS) is 12.7. The molecule has 33 heavy (non-hydrogen) atoms. The van der Waals surface area contributed by atoms with Crippen LogP contribution in [0.15, 0.2) is 79.1 Å². The Morgan fingerprint density at radius 3 is 2.48 bits per heavy atom. The molecule has 166 valence electrons. The first-order chi connectivity index (χ1) is 15.9. The fourth-order valence-electron chi connectivity index (χ4n) is 3.45. The maximum absolute atomic E-state index is 13.1. The zero-order valence-electron chi connectivity index (χ0n) is 18.2. The number of benzene rings is 2. The monoisotopic (exact) mass is 443 g/mol. The predicted molar refractivity (Wildman–Crippen MR) is 123 cm³/mol. The molecule has 0 radical (unpaired) electrons. The number of pyridine rings is 2. The minimum atomic E-state index is -1.03. The van der Waals surface area contributed by atoms with Gasteiger partial charge >= 0.3 is 5.97 Å². The molecule has 2 heterocycles. The van der Waals surface area contributed by atoms with Crippen LogP contribution in [0.4, 0.5) is 4.39 Å². The zero-order chi connectivity index (χ0) is 23.4. The number of aromatic nitrogens is 2. The number of nitrogens with zero attached hydrogens (tertiary/aromatic N) is 2. The van der Waals surface area contributed by atoms with Gasteiger partial charge in [0.05, 0.1) is 22.8 Å². The molecular formula is C26H22FN3O3. The molecule has 4 rings (SSSR count). The summed E-state index contributed by atoms with van der Waals surface area (Å²) in [7, 11) is 0. The standard InChI is InChI=1S/C26H22FN3O3/c1-16(18-9-11-20(27)12-10-18)29-25(31)17(2)33-26(32)22-14-24(19-6-5-13-28-15-19)30-23-8-4-3-7-21(22)23/h3-17H,1-2H3,(H,29,31)/t16-,17+/m0/s1. The molecule has 0 aliphatic rings. The van der Waals surface area contributed by atoms with Crippen LogP contribution in [0, 0.1) is 5.82 Å². The minimum absolute atomic E-state index is 0.311. The first-order valence-electron chi connectivity index (χ1n) is 10.5. The highest BCUT2D eigenvalue weighted by atomic mass is 19.1. The lowest BCUT2D eigenvalue weighted by atomic mass is 10.0. The highest BCUT2D eigenvalue weighted by Crippen LogP contribution is 2.25. The van der Waals surface area contributed by atoms with Crippen molar-refractivity contribution in [3.63, 3.8) is 0 Å². The molecule has 0 aliphatic carbocycles. The Kier molecular flexibility index (Phi) is 6.40. The lowest BCUT2D eigenvalue weighted by Gasteiger charge is -2.19. The van der Waals surface area contributed by atoms with Crippen molar-refractivity contribution in [1.82, 2.24) is 15.3 Å². The number of rotatable bonds is 6. The van der Waals surface area contributed by atoms with Crippen molar-refractivity contribution < 1.29 is 18.7 Å². The maximum Gasteiger partial charge on any atom is 0.339 e. The number of halogens is 1. The van der Waals surface area contributed by atoms with Crippen LogP contribution < -0.4 is 5.32 Å². The molecular weight excluding hydrogens is 421 g/mol. The number of carbonyl (C=O) groups is 2. The summed E-state index contributed by atoms with van der Waals surface area (Å²) < 4.78 is 18.6. The van der Waals surface area contributed by atoms with Crippen LogP contribution in [0.5, 0.6) is 0 Å². The van der Waals surface area contributed by atoms with Crippen molar-refractivity contribution >= 4 is 22.8 Å². The van der Waals surface area contributed by atoms with Crippen molar-refractivity contribution in [2.75, 3.05) is 0 Å². The van der Waals surface area contributed by atoms with Crippen LogP contribution in [0.1, 0.15) is 35.8 Å². The van der Waals surface area contributed by atoms with Gasteiger partial charge in [-0.3, -0.25) is 9.78 Å². The molecule has 0 saturated heterocycles. The van der Waals surface area contributed by atoms with Gasteiger partial charge in [0.25, 0.3) is 5.91 Å². The molecule has 0 fully saturated rings. The van der Waals surface area contributed by atoms with Crippen LogP contribution in [-0.2, 0) is 9.53 Å². The molecule has 7 heteroatoms. The van der Waals surface area contributed by atoms with Crippen molar-refractivity contribution in [2.24, 2.45) is 0 Å². The van der Waals surface area contributed by atoms with Crippen molar-refractivity contribution in [1.29, 1.82) is 0 Å². The fourth-order valence-corrected chi connectivity index (χ4v) is 3.45. The van der Waals surface area contributed by atoms with Crippen molar-refractivity contribution in [3.05, 3.63) is 96.1 Å². The molecule has 1 N–H and O–H groups in total. The van der Waals surface area contributed by atoms with Gasteiger partial charge in [-0.15, -0.1) is 0 Å². The number of carbonyl (C=O) groups excluding carboxylic acids is 2. The Labute approximate surface area is 190 Å². The average molecular weight is 443 g/mol. The molecule has 0 unspecified atom stereocenters. The summed E-state index contributed by atoms with van der Waals surface area (Å²) in [5, 5.41) is 3.41. The molecule has 0 bridgehead atoms. The number of esters is 1. The number of para-hydroxylation sites is 1. The lowest BCUT2D eigenvalue weighted by Crippen LogP contribution is -2.37. The number of fused-ring (bicyclic) bond motifs is 1. The molecule has 1 amide bonds. The Hall–Kier alpha value is -4.13. The molecule has 6 nitrogen and oxygen atoms in total. The Morgan fingerprint density at radius 1 is 1.00 bits per heavy atom. The Bertz CT molecular complexity index is 1290. The smallest absolute Gasteiger partial charge is 0.339 e. The SMILES string of the molecule is C[C@H](NC(=O)[C@@H](C)OC(=O)c1cc(-c2cccnc2)nc2ccccc12)c1ccc(F)cc1. The van der Waals surface area contributed by atoms with E-state index in [9.17, 15) is 14.0 Å². The van der Waals surface area contributed by atoms with Gasteiger partial charge in [-0.25, -0.2) is 14.2 Å². The second-order valence-corrected chi connectivity index (χ2v) is 7.64. The van der Waals surface area contributed by atoms with Gasteiger partial charge in [0.1, 0.15) is 5.82 Å². The van der Waals surface area contributed by atoms with Gasteiger partial charge in [-0.2, -0.15) is 0 Å². The van der Waals surface area contributed by atoms with Crippen molar-refractivity contribution in [2.45, 2.75) is 26.0 Å². The predicted octanol–water partition coefficient (Wildman–Crippen LogP) is 4.86. The van der Waals surface area contributed by atoms with E-state index in [2.05, 4.69) is 15.3 Å². The van der Waals surface area contributed by atoms with Crippen LogP contribution in [0.2, 0.25) is 0 Å². The average Bonchev–Trinajstić information content (AvgIpc) is 2.84. The summed E-state index contributed by atoms with van der Waals surface area (Å²) in [6, 6.07) is 18.0. The van der Waals surface area contributed by atoms with E-state index in [1.165, 1.54) is 19.1 Å². The second-order valence-electron chi connectivity index (χ2n) is 7.64. The van der Waals surface area contributed by atoms with E-state index in [1.807, 2.05) is 24.3 Å².